The van der Waals surface area contributed by atoms with Gasteiger partial charge in [-0.2, -0.15) is 0 Å². The van der Waals surface area contributed by atoms with Crippen LogP contribution in [-0.4, -0.2) is 6.66 Å². The molecule has 0 bridgehead atoms. The fourth-order valence-electron chi connectivity index (χ4n) is 1.45. The second-order valence-corrected chi connectivity index (χ2v) is 5.38. The van der Waals surface area contributed by atoms with Crippen LogP contribution >= 0.6 is 7.92 Å². The van der Waals surface area contributed by atoms with Crippen molar-refractivity contribution in [1.82, 2.24) is 0 Å². The van der Waals surface area contributed by atoms with Gasteiger partial charge in [0.2, 0.25) is 0 Å². The topological polar surface area (TPSA) is 0 Å². The Morgan fingerprint density at radius 3 is 1.33 bits per heavy atom. The van der Waals surface area contributed by atoms with E-state index in [2.05, 4.69) is 67.3 Å². The summed E-state index contributed by atoms with van der Waals surface area (Å²) < 4.78 is 0. The summed E-state index contributed by atoms with van der Waals surface area (Å²) in [4.78, 5) is 0. The third-order valence-electron chi connectivity index (χ3n) is 2.29. The molecule has 2 rings (SSSR count). The van der Waals surface area contributed by atoms with E-state index in [1.165, 1.54) is 10.6 Å². The van der Waals surface area contributed by atoms with Crippen LogP contribution in [0.15, 0.2) is 60.7 Å². The number of benzene rings is 2. The first kappa shape index (κ1) is 12.6. The van der Waals surface area contributed by atoms with E-state index in [-0.39, 0.29) is 27.4 Å². The molecule has 2 aromatic rings. The van der Waals surface area contributed by atoms with Gasteiger partial charge in [0.1, 0.15) is 0 Å². The van der Waals surface area contributed by atoms with Crippen molar-refractivity contribution in [1.29, 1.82) is 0 Å². The summed E-state index contributed by atoms with van der Waals surface area (Å²) in [5.41, 5.74) is 0. The Kier molecular flexibility index (Phi) is 5.16. The minimum Gasteiger partial charge on any atom is -0.0622 e. The van der Waals surface area contributed by atoms with Crippen molar-refractivity contribution < 1.29 is 19.5 Å². The smallest absolute Gasteiger partial charge is 0 e. The van der Waals surface area contributed by atoms with Gasteiger partial charge in [-0.3, -0.25) is 0 Å². The summed E-state index contributed by atoms with van der Waals surface area (Å²) in [5, 5.41) is 2.88. The zero-order chi connectivity index (χ0) is 9.80. The Morgan fingerprint density at radius 1 is 0.667 bits per heavy atom. The summed E-state index contributed by atoms with van der Waals surface area (Å²) in [6.45, 7) is 2.31. The van der Waals surface area contributed by atoms with E-state index >= 15 is 0 Å². The van der Waals surface area contributed by atoms with Crippen LogP contribution in [0.3, 0.4) is 0 Å². The van der Waals surface area contributed by atoms with E-state index < -0.39 is 0 Å². The number of hydrogen-bond acceptors (Lipinski definition) is 0. The van der Waals surface area contributed by atoms with Crippen molar-refractivity contribution in [2.45, 2.75) is 0 Å². The summed E-state index contributed by atoms with van der Waals surface area (Å²) in [6.07, 6.45) is 0. The molecule has 0 saturated carbocycles. The van der Waals surface area contributed by atoms with Gasteiger partial charge in [0.05, 0.1) is 0 Å². The van der Waals surface area contributed by atoms with E-state index in [4.69, 9.17) is 0 Å². The van der Waals surface area contributed by atoms with Gasteiger partial charge in [0, 0.05) is 19.5 Å². The van der Waals surface area contributed by atoms with Crippen LogP contribution in [0.5, 0.6) is 0 Å². The SMILES string of the molecule is CP(c1ccccc1)c1ccccc1.[Ru]. The Bertz CT molecular complexity index is 346. The van der Waals surface area contributed by atoms with Gasteiger partial charge >= 0.3 is 0 Å². The van der Waals surface area contributed by atoms with Gasteiger partial charge in [-0.25, -0.2) is 0 Å². The standard InChI is InChI=1S/C13H13P.Ru/c1-14(12-8-4-2-5-9-12)13-10-6-3-7-11-13;/h2-11H,1H3;. The predicted octanol–water partition coefficient (Wildman–Crippen LogP) is 2.75. The largest absolute Gasteiger partial charge is 0.0622 e. The molecule has 0 atom stereocenters. The molecule has 78 valence electrons. The van der Waals surface area contributed by atoms with Crippen LogP contribution in [0.2, 0.25) is 0 Å². The Labute approximate surface area is 105 Å². The van der Waals surface area contributed by atoms with Crippen LogP contribution in [-0.2, 0) is 19.5 Å². The minimum absolute atomic E-state index is 0. The fraction of sp³-hybridized carbons (Fsp3) is 0.0769. The van der Waals surface area contributed by atoms with Crippen LogP contribution < -0.4 is 10.6 Å². The second kappa shape index (κ2) is 6.16. The van der Waals surface area contributed by atoms with Crippen LogP contribution in [0.25, 0.3) is 0 Å². The fourth-order valence-corrected chi connectivity index (χ4v) is 2.99. The first-order valence-corrected chi connectivity index (χ1v) is 6.50. The Morgan fingerprint density at radius 2 is 1.00 bits per heavy atom. The summed E-state index contributed by atoms with van der Waals surface area (Å²) in [6, 6.07) is 21.4. The monoisotopic (exact) mass is 302 g/mol. The number of rotatable bonds is 2. The summed E-state index contributed by atoms with van der Waals surface area (Å²) in [5.74, 6) is 0. The molecule has 0 aliphatic carbocycles. The molecule has 0 heterocycles. The molecular weight excluding hydrogens is 288 g/mol. The molecule has 0 saturated heterocycles. The molecule has 0 aromatic heterocycles. The predicted molar refractivity (Wildman–Crippen MR) is 65.0 cm³/mol. The van der Waals surface area contributed by atoms with Gasteiger partial charge in [-0.05, 0) is 25.2 Å². The van der Waals surface area contributed by atoms with Gasteiger partial charge < -0.3 is 0 Å². The molecule has 0 fully saturated rings. The molecule has 0 unspecified atom stereocenters. The minimum atomic E-state index is -0.171. The van der Waals surface area contributed by atoms with Crippen molar-refractivity contribution in [3.05, 3.63) is 60.7 Å². The summed E-state index contributed by atoms with van der Waals surface area (Å²) >= 11 is 0. The van der Waals surface area contributed by atoms with Crippen LogP contribution in [0, 0.1) is 0 Å². The molecule has 2 heteroatoms. The van der Waals surface area contributed by atoms with E-state index in [1.807, 2.05) is 0 Å². The van der Waals surface area contributed by atoms with Gasteiger partial charge in [0.15, 0.2) is 0 Å². The molecule has 2 aromatic carbocycles. The third kappa shape index (κ3) is 3.23. The Balaban J connectivity index is 0.00000112. The van der Waals surface area contributed by atoms with Gasteiger partial charge in [-0.1, -0.05) is 60.7 Å². The molecule has 0 radical (unpaired) electrons. The van der Waals surface area contributed by atoms with Crippen molar-refractivity contribution in [2.75, 3.05) is 6.66 Å². The number of hydrogen-bond donors (Lipinski definition) is 0. The van der Waals surface area contributed by atoms with Crippen molar-refractivity contribution >= 4 is 18.5 Å². The zero-order valence-electron chi connectivity index (χ0n) is 8.57. The van der Waals surface area contributed by atoms with Crippen LogP contribution in [0.1, 0.15) is 0 Å². The van der Waals surface area contributed by atoms with E-state index in [1.54, 1.807) is 0 Å². The van der Waals surface area contributed by atoms with Crippen molar-refractivity contribution in [2.24, 2.45) is 0 Å². The molecule has 0 amide bonds. The summed E-state index contributed by atoms with van der Waals surface area (Å²) in [7, 11) is -0.171. The average molecular weight is 301 g/mol. The molecule has 15 heavy (non-hydrogen) atoms. The van der Waals surface area contributed by atoms with Gasteiger partial charge in [0.25, 0.3) is 0 Å². The quantitative estimate of drug-likeness (QED) is 0.591. The van der Waals surface area contributed by atoms with Crippen molar-refractivity contribution in [3.63, 3.8) is 0 Å². The second-order valence-electron chi connectivity index (χ2n) is 3.23. The zero-order valence-corrected chi connectivity index (χ0v) is 11.2. The molecule has 0 aliphatic rings. The van der Waals surface area contributed by atoms with E-state index in [9.17, 15) is 0 Å². The third-order valence-corrected chi connectivity index (χ3v) is 4.43. The molecule has 0 N–H and O–H groups in total. The molecule has 0 spiro atoms. The maximum Gasteiger partial charge on any atom is 0 e. The van der Waals surface area contributed by atoms with Crippen LogP contribution in [0.4, 0.5) is 0 Å². The Hall–Kier alpha value is -0.507. The first-order valence-electron chi connectivity index (χ1n) is 4.72. The molecular formula is C13H13PRu. The first-order chi connectivity index (χ1) is 6.88. The van der Waals surface area contributed by atoms with Crippen molar-refractivity contribution in [3.8, 4) is 0 Å². The van der Waals surface area contributed by atoms with Gasteiger partial charge in [-0.15, -0.1) is 0 Å². The average Bonchev–Trinajstić information content (AvgIpc) is 2.30. The van der Waals surface area contributed by atoms with E-state index in [0.717, 1.165) is 0 Å². The van der Waals surface area contributed by atoms with E-state index in [0.29, 0.717) is 0 Å². The molecule has 0 nitrogen and oxygen atoms in total. The maximum atomic E-state index is 2.31. The molecule has 0 aliphatic heterocycles. The maximum absolute atomic E-state index is 2.31. The normalized spacial score (nSPS) is 9.73.